The molecule has 22 heavy (non-hydrogen) atoms. The van der Waals surface area contributed by atoms with Crippen molar-refractivity contribution in [1.29, 1.82) is 0 Å². The van der Waals surface area contributed by atoms with Crippen LogP contribution in [0.2, 0.25) is 0 Å². The molecule has 8 heteroatoms. The van der Waals surface area contributed by atoms with Crippen molar-refractivity contribution in [3.8, 4) is 0 Å². The van der Waals surface area contributed by atoms with Gasteiger partial charge in [0.05, 0.1) is 17.5 Å². The van der Waals surface area contributed by atoms with Crippen molar-refractivity contribution in [2.45, 2.75) is 25.1 Å². The van der Waals surface area contributed by atoms with Crippen LogP contribution < -0.4 is 4.90 Å². The topological polar surface area (TPSA) is 66.8 Å². The summed E-state index contributed by atoms with van der Waals surface area (Å²) < 4.78 is 37.6. The fourth-order valence-electron chi connectivity index (χ4n) is 2.73. The van der Waals surface area contributed by atoms with Crippen molar-refractivity contribution in [2.75, 3.05) is 16.4 Å². The molecule has 0 radical (unpaired) electrons. The summed E-state index contributed by atoms with van der Waals surface area (Å²) in [5.74, 6) is -0.668. The summed E-state index contributed by atoms with van der Waals surface area (Å²) in [6.07, 6.45) is 0. The molecular weight excluding hydrogens is 327 g/mol. The Kier molecular flexibility index (Phi) is 3.76. The van der Waals surface area contributed by atoms with Gasteiger partial charge in [-0.1, -0.05) is 17.8 Å². The zero-order valence-corrected chi connectivity index (χ0v) is 13.7. The SMILES string of the molecule is CC(=O)N=C1S[C@@H]2CS(=O)(=O)C[C@@H]2N1c1ccc(C)c(F)c1. The van der Waals surface area contributed by atoms with E-state index in [0.29, 0.717) is 16.4 Å². The average molecular weight is 342 g/mol. The number of aliphatic imine (C=N–C) groups is 1. The van der Waals surface area contributed by atoms with Crippen LogP contribution in [0.1, 0.15) is 12.5 Å². The predicted molar refractivity (Wildman–Crippen MR) is 85.6 cm³/mol. The van der Waals surface area contributed by atoms with Gasteiger partial charge in [0.25, 0.3) is 0 Å². The molecule has 1 amide bonds. The summed E-state index contributed by atoms with van der Waals surface area (Å²) >= 11 is 1.28. The van der Waals surface area contributed by atoms with Crippen LogP contribution in [0.15, 0.2) is 23.2 Å². The van der Waals surface area contributed by atoms with Crippen LogP contribution in [0.5, 0.6) is 0 Å². The van der Waals surface area contributed by atoms with E-state index in [2.05, 4.69) is 4.99 Å². The molecular formula is C14H15FN2O3S2. The van der Waals surface area contributed by atoms with Crippen molar-refractivity contribution in [3.63, 3.8) is 0 Å². The minimum atomic E-state index is -3.11. The van der Waals surface area contributed by atoms with Gasteiger partial charge in [-0.15, -0.1) is 0 Å². The Morgan fingerprint density at radius 2 is 2.14 bits per heavy atom. The summed E-state index contributed by atoms with van der Waals surface area (Å²) in [6, 6.07) is 4.41. The van der Waals surface area contributed by atoms with Gasteiger partial charge in [0, 0.05) is 17.9 Å². The molecule has 0 aliphatic carbocycles. The summed E-state index contributed by atoms with van der Waals surface area (Å²) in [5.41, 5.74) is 1.04. The Bertz CT molecular complexity index is 776. The lowest BCUT2D eigenvalue weighted by Crippen LogP contribution is -2.37. The summed E-state index contributed by atoms with van der Waals surface area (Å²) in [5, 5.41) is 0.271. The molecule has 0 unspecified atom stereocenters. The average Bonchev–Trinajstić information content (AvgIpc) is 2.83. The second-order valence-electron chi connectivity index (χ2n) is 5.52. The van der Waals surface area contributed by atoms with E-state index in [-0.39, 0.29) is 34.5 Å². The maximum atomic E-state index is 13.9. The predicted octanol–water partition coefficient (Wildman–Crippen LogP) is 1.76. The molecule has 2 atom stereocenters. The van der Waals surface area contributed by atoms with E-state index >= 15 is 0 Å². The van der Waals surface area contributed by atoms with Gasteiger partial charge in [0.1, 0.15) is 5.82 Å². The first-order chi connectivity index (χ1) is 10.3. The molecule has 0 bridgehead atoms. The van der Waals surface area contributed by atoms with Crippen LogP contribution >= 0.6 is 11.8 Å². The number of fused-ring (bicyclic) bond motifs is 1. The van der Waals surface area contributed by atoms with Gasteiger partial charge in [-0.3, -0.25) is 4.79 Å². The normalized spacial score (nSPS) is 28.1. The van der Waals surface area contributed by atoms with Crippen LogP contribution in [-0.4, -0.2) is 42.3 Å². The molecule has 0 N–H and O–H groups in total. The molecule has 2 heterocycles. The monoisotopic (exact) mass is 342 g/mol. The van der Waals surface area contributed by atoms with E-state index in [9.17, 15) is 17.6 Å². The quantitative estimate of drug-likeness (QED) is 0.778. The summed E-state index contributed by atoms with van der Waals surface area (Å²) in [4.78, 5) is 17.0. The third-order valence-corrected chi connectivity index (χ3v) is 6.96. The van der Waals surface area contributed by atoms with E-state index in [4.69, 9.17) is 0 Å². The Balaban J connectivity index is 2.06. The standard InChI is InChI=1S/C14H15FN2O3S2/c1-8-3-4-10(5-11(8)15)17-12-6-22(19,20)7-13(12)21-14(17)16-9(2)18/h3-5,12-13H,6-7H2,1-2H3/t12-,13+/m0/s1. The second-order valence-corrected chi connectivity index (χ2v) is 8.88. The molecule has 0 saturated carbocycles. The van der Waals surface area contributed by atoms with Crippen molar-refractivity contribution in [2.24, 2.45) is 4.99 Å². The van der Waals surface area contributed by atoms with Gasteiger partial charge < -0.3 is 4.90 Å². The van der Waals surface area contributed by atoms with Crippen LogP contribution in [0.3, 0.4) is 0 Å². The van der Waals surface area contributed by atoms with Gasteiger partial charge in [-0.05, 0) is 24.6 Å². The number of amides is 1. The molecule has 2 aliphatic rings. The van der Waals surface area contributed by atoms with E-state index in [1.807, 2.05) is 0 Å². The Hall–Kier alpha value is -1.41. The maximum absolute atomic E-state index is 13.9. The van der Waals surface area contributed by atoms with Crippen LogP contribution in [0.4, 0.5) is 10.1 Å². The van der Waals surface area contributed by atoms with E-state index in [0.717, 1.165) is 0 Å². The summed E-state index contributed by atoms with van der Waals surface area (Å²) in [6.45, 7) is 3.00. The van der Waals surface area contributed by atoms with Crippen molar-refractivity contribution >= 4 is 38.4 Å². The fourth-order valence-corrected chi connectivity index (χ4v) is 6.69. The molecule has 0 spiro atoms. The molecule has 2 saturated heterocycles. The number of rotatable bonds is 1. The minimum absolute atomic E-state index is 0.00289. The van der Waals surface area contributed by atoms with Crippen molar-refractivity contribution in [1.82, 2.24) is 0 Å². The highest BCUT2D eigenvalue weighted by Gasteiger charge is 2.49. The minimum Gasteiger partial charge on any atom is -0.315 e. The number of hydrogen-bond donors (Lipinski definition) is 0. The number of nitrogens with zero attached hydrogens (tertiary/aromatic N) is 2. The number of carbonyl (C=O) groups excluding carboxylic acids is 1. The number of carbonyl (C=O) groups is 1. The highest BCUT2D eigenvalue weighted by molar-refractivity contribution is 8.16. The maximum Gasteiger partial charge on any atom is 0.244 e. The Morgan fingerprint density at radius 3 is 2.77 bits per heavy atom. The lowest BCUT2D eigenvalue weighted by molar-refractivity contribution is -0.115. The lowest BCUT2D eigenvalue weighted by atomic mass is 10.1. The fraction of sp³-hybridized carbons (Fsp3) is 0.429. The third kappa shape index (κ3) is 2.77. The Morgan fingerprint density at radius 1 is 1.41 bits per heavy atom. The second kappa shape index (κ2) is 5.34. The number of amidine groups is 1. The van der Waals surface area contributed by atoms with E-state index in [1.165, 1.54) is 24.8 Å². The molecule has 3 rings (SSSR count). The first-order valence-electron chi connectivity index (χ1n) is 6.78. The molecule has 118 valence electrons. The van der Waals surface area contributed by atoms with Crippen LogP contribution in [0, 0.1) is 12.7 Å². The van der Waals surface area contributed by atoms with Gasteiger partial charge in [-0.2, -0.15) is 4.99 Å². The molecule has 5 nitrogen and oxygen atoms in total. The molecule has 2 aliphatic heterocycles. The van der Waals surface area contributed by atoms with Gasteiger partial charge in [-0.25, -0.2) is 12.8 Å². The number of thioether (sulfide) groups is 1. The number of hydrogen-bond acceptors (Lipinski definition) is 4. The zero-order valence-electron chi connectivity index (χ0n) is 12.1. The van der Waals surface area contributed by atoms with Gasteiger partial charge >= 0.3 is 0 Å². The van der Waals surface area contributed by atoms with Crippen LogP contribution in [-0.2, 0) is 14.6 Å². The Labute approximate surface area is 132 Å². The largest absolute Gasteiger partial charge is 0.315 e. The van der Waals surface area contributed by atoms with Crippen LogP contribution in [0.25, 0.3) is 0 Å². The molecule has 1 aromatic rings. The number of halogens is 1. The first-order valence-corrected chi connectivity index (χ1v) is 9.49. The molecule has 1 aromatic carbocycles. The molecule has 0 aromatic heterocycles. The number of anilines is 1. The first kappa shape index (κ1) is 15.5. The number of sulfone groups is 1. The zero-order chi connectivity index (χ0) is 16.1. The highest BCUT2D eigenvalue weighted by Crippen LogP contribution is 2.41. The lowest BCUT2D eigenvalue weighted by Gasteiger charge is -2.24. The van der Waals surface area contributed by atoms with E-state index < -0.39 is 9.84 Å². The van der Waals surface area contributed by atoms with Gasteiger partial charge in [0.15, 0.2) is 15.0 Å². The third-order valence-electron chi connectivity index (χ3n) is 3.75. The smallest absolute Gasteiger partial charge is 0.244 e. The van der Waals surface area contributed by atoms with E-state index in [1.54, 1.807) is 24.0 Å². The van der Waals surface area contributed by atoms with Crippen molar-refractivity contribution in [3.05, 3.63) is 29.6 Å². The number of benzene rings is 1. The van der Waals surface area contributed by atoms with Crippen molar-refractivity contribution < 1.29 is 17.6 Å². The highest BCUT2D eigenvalue weighted by atomic mass is 32.2. The number of aryl methyl sites for hydroxylation is 1. The summed E-state index contributed by atoms with van der Waals surface area (Å²) in [7, 11) is -3.11. The van der Waals surface area contributed by atoms with Gasteiger partial charge in [0.2, 0.25) is 5.91 Å². The molecule has 2 fully saturated rings.